The van der Waals surface area contributed by atoms with Gasteiger partial charge in [-0.05, 0) is 96.8 Å². The van der Waals surface area contributed by atoms with Crippen LogP contribution in [-0.4, -0.2) is 89.7 Å². The van der Waals surface area contributed by atoms with E-state index in [-0.39, 0.29) is 25.4 Å². The van der Waals surface area contributed by atoms with Crippen molar-refractivity contribution in [3.8, 4) is 0 Å². The molecule has 8 nitrogen and oxygen atoms in total. The zero-order valence-electron chi connectivity index (χ0n) is 20.1. The Bertz CT molecular complexity index is 423. The van der Waals surface area contributed by atoms with Crippen molar-refractivity contribution in [3.05, 3.63) is 0 Å². The van der Waals surface area contributed by atoms with Crippen molar-refractivity contribution in [2.45, 2.75) is 153 Å². The van der Waals surface area contributed by atoms with Crippen molar-refractivity contribution in [3.63, 3.8) is 0 Å². The van der Waals surface area contributed by atoms with E-state index >= 15 is 0 Å². The third-order valence-electron chi connectivity index (χ3n) is 5.96. The number of hydrogen-bond acceptors (Lipinski definition) is 8. The van der Waals surface area contributed by atoms with Crippen LogP contribution < -0.4 is 0 Å². The van der Waals surface area contributed by atoms with E-state index in [1.165, 1.54) is 0 Å². The molecular formula is C24H50O8. The molecule has 0 aliphatic heterocycles. The maximum Gasteiger partial charge on any atom is 0.0589 e. The summed E-state index contributed by atoms with van der Waals surface area (Å²) in [6.07, 6.45) is 1.36. The Balaban J connectivity index is 3.86. The van der Waals surface area contributed by atoms with Gasteiger partial charge in [-0.25, -0.2) is 0 Å². The third-order valence-corrected chi connectivity index (χ3v) is 5.96. The zero-order chi connectivity index (χ0) is 24.5. The van der Waals surface area contributed by atoms with Crippen LogP contribution in [-0.2, 0) is 0 Å². The molecule has 0 fully saturated rings. The molecule has 0 aliphatic carbocycles. The van der Waals surface area contributed by atoms with Gasteiger partial charge in [-0.2, -0.15) is 0 Å². The predicted octanol–water partition coefficient (Wildman–Crippen LogP) is 1.37. The monoisotopic (exact) mass is 466 g/mol. The second-order valence-corrected chi connectivity index (χ2v) is 9.57. The van der Waals surface area contributed by atoms with Crippen molar-refractivity contribution in [1.29, 1.82) is 0 Å². The topological polar surface area (TPSA) is 162 Å². The van der Waals surface area contributed by atoms with Gasteiger partial charge in [-0.1, -0.05) is 6.92 Å². The van der Waals surface area contributed by atoms with Crippen LogP contribution >= 0.6 is 0 Å². The van der Waals surface area contributed by atoms with Crippen molar-refractivity contribution in [1.82, 2.24) is 0 Å². The largest absolute Gasteiger partial charge is 0.393 e. The highest BCUT2D eigenvalue weighted by Gasteiger charge is 2.18. The predicted molar refractivity (Wildman–Crippen MR) is 124 cm³/mol. The second kappa shape index (κ2) is 19.0. The van der Waals surface area contributed by atoms with Gasteiger partial charge in [0.05, 0.1) is 48.8 Å². The van der Waals surface area contributed by atoms with Gasteiger partial charge in [-0.3, -0.25) is 0 Å². The highest BCUT2D eigenvalue weighted by Crippen LogP contribution is 2.17. The summed E-state index contributed by atoms with van der Waals surface area (Å²) in [4.78, 5) is 0. The van der Waals surface area contributed by atoms with Gasteiger partial charge in [0.1, 0.15) is 0 Å². The highest BCUT2D eigenvalue weighted by molar-refractivity contribution is 4.71. The summed E-state index contributed by atoms with van der Waals surface area (Å²) in [5.74, 6) is 0. The van der Waals surface area contributed by atoms with E-state index in [4.69, 9.17) is 0 Å². The highest BCUT2D eigenvalue weighted by atomic mass is 16.3. The average molecular weight is 467 g/mol. The lowest BCUT2D eigenvalue weighted by Crippen LogP contribution is -2.24. The lowest BCUT2D eigenvalue weighted by atomic mass is 9.96. The fourth-order valence-electron chi connectivity index (χ4n) is 3.94. The Kier molecular flexibility index (Phi) is 18.8. The molecule has 0 saturated heterocycles. The molecule has 0 aromatic heterocycles. The van der Waals surface area contributed by atoms with Gasteiger partial charge >= 0.3 is 0 Å². The molecule has 0 aliphatic rings. The Morgan fingerprint density at radius 3 is 1.00 bits per heavy atom. The first-order valence-electron chi connectivity index (χ1n) is 12.5. The maximum absolute atomic E-state index is 10.1. The van der Waals surface area contributed by atoms with Crippen LogP contribution in [0.3, 0.4) is 0 Å². The first kappa shape index (κ1) is 31.7. The van der Waals surface area contributed by atoms with Crippen LogP contribution in [0.25, 0.3) is 0 Å². The number of aliphatic hydroxyl groups excluding tert-OH is 8. The summed E-state index contributed by atoms with van der Waals surface area (Å²) >= 11 is 0. The molecule has 7 unspecified atom stereocenters. The molecular weight excluding hydrogens is 416 g/mol. The van der Waals surface area contributed by atoms with Crippen molar-refractivity contribution in [2.24, 2.45) is 0 Å². The molecule has 0 amide bonds. The number of hydrogen-bond donors (Lipinski definition) is 8. The summed E-state index contributed by atoms with van der Waals surface area (Å²) in [6.45, 7) is 3.56. The second-order valence-electron chi connectivity index (χ2n) is 9.57. The summed E-state index contributed by atoms with van der Waals surface area (Å²) in [5.41, 5.74) is 0. The van der Waals surface area contributed by atoms with E-state index < -0.39 is 42.7 Å². The van der Waals surface area contributed by atoms with E-state index in [0.29, 0.717) is 70.6 Å². The summed E-state index contributed by atoms with van der Waals surface area (Å²) in [6, 6.07) is 0. The van der Waals surface area contributed by atoms with E-state index in [1.807, 2.05) is 6.92 Å². The SMILES string of the molecule is CCC(O)CC(O)CCCC(O)CC(O)CC(O)CCCC(O)CC(O)CCC[C@H](C)O. The molecule has 8 atom stereocenters. The minimum Gasteiger partial charge on any atom is -0.393 e. The normalized spacial score (nSPS) is 19.7. The molecule has 0 bridgehead atoms. The average Bonchev–Trinajstić information content (AvgIpc) is 2.67. The fourth-order valence-corrected chi connectivity index (χ4v) is 3.94. The minimum absolute atomic E-state index is 0.153. The molecule has 0 spiro atoms. The smallest absolute Gasteiger partial charge is 0.0589 e. The molecule has 32 heavy (non-hydrogen) atoms. The van der Waals surface area contributed by atoms with Crippen molar-refractivity contribution < 1.29 is 40.9 Å². The van der Waals surface area contributed by atoms with Gasteiger partial charge in [0.2, 0.25) is 0 Å². The van der Waals surface area contributed by atoms with Crippen LogP contribution in [0.5, 0.6) is 0 Å². The third kappa shape index (κ3) is 19.2. The Labute approximate surface area is 193 Å². The molecule has 8 N–H and O–H groups in total. The van der Waals surface area contributed by atoms with Crippen molar-refractivity contribution in [2.75, 3.05) is 0 Å². The molecule has 194 valence electrons. The van der Waals surface area contributed by atoms with Crippen LogP contribution in [0.15, 0.2) is 0 Å². The molecule has 0 rings (SSSR count). The van der Waals surface area contributed by atoms with Gasteiger partial charge in [0.25, 0.3) is 0 Å². The van der Waals surface area contributed by atoms with Crippen LogP contribution in [0.2, 0.25) is 0 Å². The van der Waals surface area contributed by atoms with Gasteiger partial charge in [0.15, 0.2) is 0 Å². The Morgan fingerprint density at radius 1 is 0.406 bits per heavy atom. The molecule has 0 heterocycles. The van der Waals surface area contributed by atoms with Crippen LogP contribution in [0, 0.1) is 0 Å². The molecule has 0 aromatic rings. The zero-order valence-corrected chi connectivity index (χ0v) is 20.1. The summed E-state index contributed by atoms with van der Waals surface area (Å²) in [7, 11) is 0. The summed E-state index contributed by atoms with van der Waals surface area (Å²) < 4.78 is 0. The first-order valence-corrected chi connectivity index (χ1v) is 12.5. The van der Waals surface area contributed by atoms with E-state index in [1.54, 1.807) is 6.92 Å². The van der Waals surface area contributed by atoms with E-state index in [2.05, 4.69) is 0 Å². The molecule has 8 heteroatoms. The van der Waals surface area contributed by atoms with Gasteiger partial charge < -0.3 is 40.9 Å². The van der Waals surface area contributed by atoms with Crippen molar-refractivity contribution >= 4 is 0 Å². The number of aliphatic hydroxyl groups is 8. The Morgan fingerprint density at radius 2 is 0.688 bits per heavy atom. The van der Waals surface area contributed by atoms with E-state index in [9.17, 15) is 40.9 Å². The van der Waals surface area contributed by atoms with E-state index in [0.717, 1.165) is 0 Å². The fraction of sp³-hybridized carbons (Fsp3) is 1.00. The lowest BCUT2D eigenvalue weighted by Gasteiger charge is -2.20. The summed E-state index contributed by atoms with van der Waals surface area (Å²) in [5, 5.41) is 78.7. The number of rotatable bonds is 21. The van der Waals surface area contributed by atoms with Crippen LogP contribution in [0.4, 0.5) is 0 Å². The standard InChI is InChI=1S/C24H50O8/c1-3-18(26)13-19(27)9-5-11-22(30)15-24(32)16-23(31)12-6-10-21(29)14-20(28)8-4-7-17(2)25/h17-32H,3-16H2,1-2H3/t17-,18?,19?,20?,21?,22?,23?,24?/m0/s1. The first-order chi connectivity index (χ1) is 15.0. The molecule has 0 radical (unpaired) electrons. The minimum atomic E-state index is -0.826. The molecule has 0 saturated carbocycles. The Hall–Kier alpha value is -0.320. The quantitative estimate of drug-likeness (QED) is 0.126. The van der Waals surface area contributed by atoms with Gasteiger partial charge in [-0.15, -0.1) is 0 Å². The molecule has 0 aromatic carbocycles. The van der Waals surface area contributed by atoms with Gasteiger partial charge in [0, 0.05) is 0 Å². The van der Waals surface area contributed by atoms with Crippen LogP contribution in [0.1, 0.15) is 104 Å². The maximum atomic E-state index is 10.1. The lowest BCUT2D eigenvalue weighted by molar-refractivity contribution is 0.0287.